The fraction of sp³-hybridized carbons (Fsp3) is 0.350. The number of nitrogens with zero attached hydrogens (tertiary/aromatic N) is 2. The fourth-order valence-corrected chi connectivity index (χ4v) is 4.21. The van der Waals surface area contributed by atoms with Gasteiger partial charge in [-0.05, 0) is 42.5 Å². The van der Waals surface area contributed by atoms with E-state index in [1.807, 2.05) is 0 Å². The van der Waals surface area contributed by atoms with Crippen LogP contribution in [0.3, 0.4) is 0 Å². The van der Waals surface area contributed by atoms with Crippen molar-refractivity contribution in [3.05, 3.63) is 40.7 Å². The molecule has 1 atom stereocenters. The Kier molecular flexibility index (Phi) is 5.20. The van der Waals surface area contributed by atoms with Crippen LogP contribution < -0.4 is 16.5 Å². The van der Waals surface area contributed by atoms with Crippen molar-refractivity contribution in [1.82, 2.24) is 20.5 Å². The lowest BCUT2D eigenvalue weighted by Crippen LogP contribution is -2.37. The molecule has 0 amide bonds. The van der Waals surface area contributed by atoms with Crippen molar-refractivity contribution in [2.24, 2.45) is 0 Å². The molecule has 1 aromatic carbocycles. The van der Waals surface area contributed by atoms with E-state index >= 15 is 0 Å². The molecule has 0 saturated carbocycles. The Morgan fingerprint density at radius 3 is 2.83 bits per heavy atom. The molecular formula is C20H22F3N6O+. The minimum Gasteiger partial charge on any atom is -0.398 e. The highest BCUT2D eigenvalue weighted by Crippen LogP contribution is 2.41. The summed E-state index contributed by atoms with van der Waals surface area (Å²) in [6, 6.07) is 3.36. The number of alkyl halides is 3. The normalized spacial score (nSPS) is 16.6. The number of aryl methyl sites for hydroxylation is 1. The van der Waals surface area contributed by atoms with Crippen LogP contribution in [0, 0.1) is 0 Å². The van der Waals surface area contributed by atoms with Gasteiger partial charge in [0.25, 0.3) is 0 Å². The number of aromatic amines is 1. The maximum absolute atomic E-state index is 13.6. The average Bonchev–Trinajstić information content (AvgIpc) is 3.22. The molecule has 2 aromatic heterocycles. The SMILES string of the molecule is Nc1ccc2nc(-c3cn[nH]c3C(F)(F)F)c3c(c2c1C=[NH2+])CCC(NCCO)C3. The van der Waals surface area contributed by atoms with E-state index in [9.17, 15) is 13.2 Å². The number of benzene rings is 1. The van der Waals surface area contributed by atoms with E-state index in [2.05, 4.69) is 20.5 Å². The molecule has 0 spiro atoms. The van der Waals surface area contributed by atoms with Crippen LogP contribution in [0.4, 0.5) is 18.9 Å². The molecule has 1 unspecified atom stereocenters. The predicted octanol–water partition coefficient (Wildman–Crippen LogP) is 0.843. The van der Waals surface area contributed by atoms with Gasteiger partial charge in [0.05, 0.1) is 35.1 Å². The highest BCUT2D eigenvalue weighted by molar-refractivity contribution is 6.04. The van der Waals surface area contributed by atoms with E-state index in [-0.39, 0.29) is 23.9 Å². The number of halogens is 3. The molecule has 7 N–H and O–H groups in total. The predicted molar refractivity (Wildman–Crippen MR) is 107 cm³/mol. The summed E-state index contributed by atoms with van der Waals surface area (Å²) in [5.41, 5.74) is 8.60. The number of aromatic nitrogens is 3. The first-order valence-corrected chi connectivity index (χ1v) is 9.59. The first-order valence-electron chi connectivity index (χ1n) is 9.59. The van der Waals surface area contributed by atoms with Gasteiger partial charge in [0.1, 0.15) is 5.69 Å². The summed E-state index contributed by atoms with van der Waals surface area (Å²) in [6.45, 7) is 0.388. The maximum atomic E-state index is 13.6. The van der Waals surface area contributed by atoms with E-state index in [0.717, 1.165) is 23.6 Å². The molecule has 0 fully saturated rings. The molecule has 2 heterocycles. The number of hydrogen-bond donors (Lipinski definition) is 5. The molecular weight excluding hydrogens is 397 g/mol. The third-order valence-electron chi connectivity index (χ3n) is 5.52. The lowest BCUT2D eigenvalue weighted by Gasteiger charge is -2.28. The number of anilines is 1. The van der Waals surface area contributed by atoms with Crippen LogP contribution in [0.25, 0.3) is 22.2 Å². The van der Waals surface area contributed by atoms with Gasteiger partial charge in [0.15, 0.2) is 6.21 Å². The fourth-order valence-electron chi connectivity index (χ4n) is 4.21. The molecule has 158 valence electrons. The lowest BCUT2D eigenvalue weighted by molar-refractivity contribution is -0.140. The van der Waals surface area contributed by atoms with E-state index < -0.39 is 11.9 Å². The number of pyridine rings is 1. The van der Waals surface area contributed by atoms with Gasteiger partial charge in [-0.3, -0.25) is 10.5 Å². The van der Waals surface area contributed by atoms with Gasteiger partial charge in [0, 0.05) is 23.7 Å². The summed E-state index contributed by atoms with van der Waals surface area (Å²) in [6.07, 6.45) is -0.162. The first-order chi connectivity index (χ1) is 14.3. The van der Waals surface area contributed by atoms with Crippen LogP contribution >= 0.6 is 0 Å². The minimum absolute atomic E-state index is 0.00949. The zero-order valence-electron chi connectivity index (χ0n) is 16.1. The number of nitrogens with one attached hydrogen (secondary N) is 2. The molecule has 10 heteroatoms. The standard InChI is InChI=1S/C20H21F3N6O/c21-20(22,23)19-14(9-27-29-19)18-12-7-10(26-5-6-30)1-2-11(12)17-13(8-24)15(25)3-4-16(17)28-18/h3-4,8-10,24,26,30H,1-2,5-7,25H2,(H,27,29)/p+1. The van der Waals surface area contributed by atoms with Gasteiger partial charge in [-0.15, -0.1) is 0 Å². The number of aliphatic hydroxyl groups is 1. The Labute approximate surface area is 170 Å². The minimum atomic E-state index is -4.59. The van der Waals surface area contributed by atoms with Crippen molar-refractivity contribution in [3.63, 3.8) is 0 Å². The topological polar surface area (TPSA) is 125 Å². The number of nitrogen functional groups attached to an aromatic ring is 1. The number of fused-ring (bicyclic) bond motifs is 3. The van der Waals surface area contributed by atoms with Crippen molar-refractivity contribution in [3.8, 4) is 11.3 Å². The van der Waals surface area contributed by atoms with Gasteiger partial charge in [0.2, 0.25) is 0 Å². The first kappa shape index (κ1) is 20.3. The van der Waals surface area contributed by atoms with Gasteiger partial charge >= 0.3 is 6.18 Å². The number of H-pyrrole nitrogens is 1. The second-order valence-corrected chi connectivity index (χ2v) is 7.32. The summed E-state index contributed by atoms with van der Waals surface area (Å²) in [7, 11) is 0. The van der Waals surface area contributed by atoms with E-state index in [1.54, 1.807) is 12.1 Å². The molecule has 0 saturated heterocycles. The van der Waals surface area contributed by atoms with Crippen molar-refractivity contribution < 1.29 is 23.7 Å². The lowest BCUT2D eigenvalue weighted by atomic mass is 9.82. The Bertz CT molecular complexity index is 1110. The smallest absolute Gasteiger partial charge is 0.398 e. The monoisotopic (exact) mass is 419 g/mol. The van der Waals surface area contributed by atoms with Crippen LogP contribution in [0.15, 0.2) is 18.3 Å². The molecule has 0 bridgehead atoms. The zero-order valence-corrected chi connectivity index (χ0v) is 16.1. The van der Waals surface area contributed by atoms with Crippen molar-refractivity contribution in [2.75, 3.05) is 18.9 Å². The summed E-state index contributed by atoms with van der Waals surface area (Å²) < 4.78 is 40.7. The maximum Gasteiger partial charge on any atom is 0.433 e. The van der Waals surface area contributed by atoms with Crippen LogP contribution in [0.5, 0.6) is 0 Å². The number of aliphatic hydroxyl groups excluding tert-OH is 1. The molecule has 0 radical (unpaired) electrons. The molecule has 4 rings (SSSR count). The molecule has 3 aromatic rings. The molecule has 30 heavy (non-hydrogen) atoms. The van der Waals surface area contributed by atoms with E-state index in [4.69, 9.17) is 16.2 Å². The number of hydrogen-bond acceptors (Lipinski definition) is 5. The highest BCUT2D eigenvalue weighted by atomic mass is 19.4. The van der Waals surface area contributed by atoms with Crippen molar-refractivity contribution in [1.29, 1.82) is 0 Å². The van der Waals surface area contributed by atoms with E-state index in [0.29, 0.717) is 41.7 Å². The van der Waals surface area contributed by atoms with E-state index in [1.165, 1.54) is 6.21 Å². The van der Waals surface area contributed by atoms with Crippen LogP contribution in [0.1, 0.15) is 28.8 Å². The Hall–Kier alpha value is -2.98. The molecule has 0 aliphatic heterocycles. The number of rotatable bonds is 5. The highest BCUT2D eigenvalue weighted by Gasteiger charge is 2.38. The number of nitrogens with two attached hydrogens (primary N) is 2. The Balaban J connectivity index is 1.99. The largest absolute Gasteiger partial charge is 0.433 e. The third-order valence-corrected chi connectivity index (χ3v) is 5.52. The van der Waals surface area contributed by atoms with Crippen LogP contribution in [0.2, 0.25) is 0 Å². The van der Waals surface area contributed by atoms with Crippen LogP contribution in [-0.4, -0.2) is 45.7 Å². The summed E-state index contributed by atoms with van der Waals surface area (Å²) in [5, 5.41) is 24.6. The molecule has 1 aliphatic carbocycles. The summed E-state index contributed by atoms with van der Waals surface area (Å²) in [4.78, 5) is 4.60. The molecule has 1 aliphatic rings. The second kappa shape index (κ2) is 7.69. The average molecular weight is 419 g/mol. The zero-order chi connectivity index (χ0) is 21.5. The van der Waals surface area contributed by atoms with Gasteiger partial charge in [-0.2, -0.15) is 18.3 Å². The summed E-state index contributed by atoms with van der Waals surface area (Å²) in [5.74, 6) is 0. The second-order valence-electron chi connectivity index (χ2n) is 7.32. The third kappa shape index (κ3) is 3.41. The van der Waals surface area contributed by atoms with Gasteiger partial charge < -0.3 is 16.2 Å². The Morgan fingerprint density at radius 1 is 1.33 bits per heavy atom. The van der Waals surface area contributed by atoms with Gasteiger partial charge in [-0.1, -0.05) is 0 Å². The Morgan fingerprint density at radius 2 is 2.13 bits per heavy atom. The quantitative estimate of drug-likeness (QED) is 0.310. The van der Waals surface area contributed by atoms with Crippen LogP contribution in [-0.2, 0) is 19.0 Å². The molecule has 7 nitrogen and oxygen atoms in total. The van der Waals surface area contributed by atoms with Crippen molar-refractivity contribution >= 4 is 22.8 Å². The van der Waals surface area contributed by atoms with Crippen molar-refractivity contribution in [2.45, 2.75) is 31.5 Å². The van der Waals surface area contributed by atoms with Gasteiger partial charge in [-0.25, -0.2) is 4.98 Å². The summed E-state index contributed by atoms with van der Waals surface area (Å²) >= 11 is 0.